The maximum Gasteiger partial charge on any atom is 0.310 e. The van der Waals surface area contributed by atoms with Crippen LogP contribution in [0, 0.1) is 13.8 Å². The standard InChI is InChI=1S/C43H60N8O5/c1-8-28-23(2)31-22-36-39(27(6)52)25(4)33(49-36)20-32-24(3)29(13-14-37(53)46-17-11-9-15-44)41(50-32)30(19-38(54)56-7)42-40(43(55)47-18-12-10-16-45)26(5)34(51-42)21-35(28)48-31/h20-24,28-29,49,51H,8-19,44-45H2,1-7H3,(H,46,53)(H,47,55)/t23-,24+,28-,29+/m1/s1. The summed E-state index contributed by atoms with van der Waals surface area (Å²) >= 11 is 0. The molecular weight excluding hydrogens is 709 g/mol. The number of aromatic nitrogens is 4. The van der Waals surface area contributed by atoms with Crippen molar-refractivity contribution in [1.29, 1.82) is 0 Å². The lowest BCUT2D eigenvalue weighted by molar-refractivity contribution is -0.139. The molecule has 8 N–H and O–H groups in total. The van der Waals surface area contributed by atoms with Gasteiger partial charge in [0.05, 0.1) is 35.8 Å². The van der Waals surface area contributed by atoms with Crippen molar-refractivity contribution >= 4 is 45.6 Å². The Morgan fingerprint density at radius 1 is 0.786 bits per heavy atom. The highest BCUT2D eigenvalue weighted by atomic mass is 16.5. The van der Waals surface area contributed by atoms with E-state index >= 15 is 0 Å². The summed E-state index contributed by atoms with van der Waals surface area (Å²) in [6.07, 6.45) is 4.45. The highest BCUT2D eigenvalue weighted by Gasteiger charge is 2.34. The minimum Gasteiger partial charge on any atom is -0.469 e. The number of aromatic amines is 2. The average molecular weight is 769 g/mol. The third-order valence-corrected chi connectivity index (χ3v) is 11.6. The Morgan fingerprint density at radius 2 is 1.38 bits per heavy atom. The van der Waals surface area contributed by atoms with Gasteiger partial charge in [-0.05, 0) is 102 Å². The van der Waals surface area contributed by atoms with E-state index in [4.69, 9.17) is 26.2 Å². The number of esters is 1. The fourth-order valence-corrected chi connectivity index (χ4v) is 8.28. The molecule has 0 aromatic carbocycles. The number of ether oxygens (including phenoxy) is 1. The third-order valence-electron chi connectivity index (χ3n) is 11.6. The summed E-state index contributed by atoms with van der Waals surface area (Å²) in [5.41, 5.74) is 20.1. The Morgan fingerprint density at radius 3 is 2.02 bits per heavy atom. The number of rotatable bonds is 16. The van der Waals surface area contributed by atoms with Crippen molar-refractivity contribution in [3.63, 3.8) is 0 Å². The van der Waals surface area contributed by atoms with Gasteiger partial charge in [0.2, 0.25) is 5.91 Å². The van der Waals surface area contributed by atoms with Crippen molar-refractivity contribution in [2.24, 2.45) is 11.5 Å². The van der Waals surface area contributed by atoms with E-state index in [0.29, 0.717) is 77.1 Å². The molecule has 5 heterocycles. The van der Waals surface area contributed by atoms with Gasteiger partial charge in [-0.1, -0.05) is 20.8 Å². The molecule has 2 aliphatic heterocycles. The van der Waals surface area contributed by atoms with Gasteiger partial charge in [0.1, 0.15) is 0 Å². The van der Waals surface area contributed by atoms with E-state index in [2.05, 4.69) is 41.4 Å². The van der Waals surface area contributed by atoms with Crippen LogP contribution in [0.2, 0.25) is 0 Å². The number of Topliss-reactive ketones (excluding diaryl/α,β-unsaturated/α-hetero) is 1. The molecule has 0 saturated heterocycles. The number of H-pyrrole nitrogens is 2. The van der Waals surface area contributed by atoms with E-state index in [0.717, 1.165) is 60.3 Å². The monoisotopic (exact) mass is 768 g/mol. The predicted molar refractivity (Wildman–Crippen MR) is 220 cm³/mol. The van der Waals surface area contributed by atoms with Crippen molar-refractivity contribution in [1.82, 2.24) is 30.6 Å². The fourth-order valence-electron chi connectivity index (χ4n) is 8.28. The number of nitrogens with one attached hydrogen (secondary N) is 4. The van der Waals surface area contributed by atoms with Crippen molar-refractivity contribution in [3.05, 3.63) is 68.8 Å². The van der Waals surface area contributed by atoms with Crippen LogP contribution in [0.4, 0.5) is 0 Å². The number of fused-ring (bicyclic) bond motifs is 8. The topological polar surface area (TPSA) is 211 Å². The van der Waals surface area contributed by atoms with Gasteiger partial charge in [-0.15, -0.1) is 0 Å². The van der Waals surface area contributed by atoms with Crippen molar-refractivity contribution in [3.8, 4) is 0 Å². The molecule has 2 amide bonds. The zero-order valence-electron chi connectivity index (χ0n) is 34.1. The van der Waals surface area contributed by atoms with E-state index in [1.165, 1.54) is 7.11 Å². The summed E-state index contributed by atoms with van der Waals surface area (Å²) in [4.78, 5) is 71.4. The van der Waals surface area contributed by atoms with Crippen LogP contribution in [0.15, 0.2) is 18.2 Å². The van der Waals surface area contributed by atoms with Gasteiger partial charge in [-0.25, -0.2) is 0 Å². The van der Waals surface area contributed by atoms with E-state index in [1.54, 1.807) is 6.92 Å². The molecule has 4 atom stereocenters. The van der Waals surface area contributed by atoms with Crippen LogP contribution in [0.1, 0.15) is 156 Å². The summed E-state index contributed by atoms with van der Waals surface area (Å²) in [6, 6.07) is 5.96. The quantitative estimate of drug-likeness (QED) is 0.0561. The summed E-state index contributed by atoms with van der Waals surface area (Å²) in [5, 5.41) is 6.10. The zero-order chi connectivity index (χ0) is 40.7. The van der Waals surface area contributed by atoms with E-state index in [-0.39, 0.29) is 54.1 Å². The number of amides is 2. The van der Waals surface area contributed by atoms with Gasteiger partial charge in [0.25, 0.3) is 5.91 Å². The highest BCUT2D eigenvalue weighted by molar-refractivity contribution is 6.06. The van der Waals surface area contributed by atoms with E-state index in [1.807, 2.05) is 32.0 Å². The number of nitrogens with zero attached hydrogens (tertiary/aromatic N) is 2. The zero-order valence-corrected chi connectivity index (χ0v) is 34.1. The minimum atomic E-state index is -0.489. The molecule has 8 bridgehead atoms. The summed E-state index contributed by atoms with van der Waals surface area (Å²) in [6.45, 7) is 13.8. The third kappa shape index (κ3) is 9.05. The molecule has 0 unspecified atom stereocenters. The number of methoxy groups -OCH3 is 1. The van der Waals surface area contributed by atoms with Gasteiger partial charge in [-0.3, -0.25) is 29.1 Å². The lowest BCUT2D eigenvalue weighted by Gasteiger charge is -2.18. The number of hydrogen-bond acceptors (Lipinski definition) is 9. The Labute approximate surface area is 329 Å². The summed E-state index contributed by atoms with van der Waals surface area (Å²) < 4.78 is 5.25. The first kappa shape index (κ1) is 42.3. The molecule has 0 fully saturated rings. The van der Waals surface area contributed by atoms with Crippen molar-refractivity contribution < 1.29 is 23.9 Å². The first-order valence-electron chi connectivity index (χ1n) is 20.1. The fraction of sp³-hybridized carbons (Fsp3) is 0.535. The Hall–Kier alpha value is -4.88. The molecule has 302 valence electrons. The number of carbonyl (C=O) groups is 4. The number of hydrogen-bond donors (Lipinski definition) is 6. The summed E-state index contributed by atoms with van der Waals surface area (Å²) in [5.74, 6) is -1.24. The van der Waals surface area contributed by atoms with Crippen LogP contribution in [-0.2, 0) is 20.7 Å². The van der Waals surface area contributed by atoms with Crippen molar-refractivity contribution in [2.45, 2.75) is 117 Å². The second kappa shape index (κ2) is 18.8. The van der Waals surface area contributed by atoms with Gasteiger partial charge in [0.15, 0.2) is 5.78 Å². The number of ketones is 1. The number of nitrogens with two attached hydrogens (primary N) is 2. The van der Waals surface area contributed by atoms with Crippen LogP contribution in [0.25, 0.3) is 22.1 Å². The molecule has 56 heavy (non-hydrogen) atoms. The summed E-state index contributed by atoms with van der Waals surface area (Å²) in [7, 11) is 1.34. The smallest absolute Gasteiger partial charge is 0.310 e. The molecular formula is C43H60N8O5. The Kier molecular flexibility index (Phi) is 14.2. The molecule has 0 radical (unpaired) electrons. The van der Waals surface area contributed by atoms with Gasteiger partial charge < -0.3 is 36.8 Å². The van der Waals surface area contributed by atoms with Gasteiger partial charge in [-0.2, -0.15) is 0 Å². The largest absolute Gasteiger partial charge is 0.469 e. The Balaban J connectivity index is 1.88. The van der Waals surface area contributed by atoms with Crippen LogP contribution >= 0.6 is 0 Å². The first-order valence-corrected chi connectivity index (χ1v) is 20.1. The second-order valence-corrected chi connectivity index (χ2v) is 15.3. The molecule has 0 spiro atoms. The molecule has 5 rings (SSSR count). The van der Waals surface area contributed by atoms with Crippen LogP contribution in [-0.4, -0.2) is 76.8 Å². The number of carbonyl (C=O) groups excluding carboxylic acids is 4. The van der Waals surface area contributed by atoms with Crippen molar-refractivity contribution in [2.75, 3.05) is 33.3 Å². The van der Waals surface area contributed by atoms with Crippen LogP contribution < -0.4 is 22.1 Å². The molecule has 3 aromatic heterocycles. The van der Waals surface area contributed by atoms with E-state index in [9.17, 15) is 19.2 Å². The molecule has 0 aliphatic carbocycles. The lowest BCUT2D eigenvalue weighted by atomic mass is 9.85. The maximum absolute atomic E-state index is 14.2. The molecule has 0 saturated carbocycles. The molecule has 2 aliphatic rings. The first-order chi connectivity index (χ1) is 26.8. The average Bonchev–Trinajstić information content (AvgIpc) is 3.86. The van der Waals surface area contributed by atoms with Crippen LogP contribution in [0.5, 0.6) is 0 Å². The maximum atomic E-state index is 14.2. The number of unbranched alkanes of at least 4 members (excludes halogenated alkanes) is 2. The van der Waals surface area contributed by atoms with Gasteiger partial charge in [0, 0.05) is 82.4 Å². The molecule has 13 heteroatoms. The van der Waals surface area contributed by atoms with Gasteiger partial charge >= 0.3 is 5.97 Å². The number of aryl methyl sites for hydroxylation is 2. The van der Waals surface area contributed by atoms with E-state index < -0.39 is 5.97 Å². The second-order valence-electron chi connectivity index (χ2n) is 15.3. The SMILES string of the molecule is CC[C@H]1c2cc3[nH]c(c(CC(=O)OC)c4nc(cc5[nH]c(cc(n2)[C@@H]1C)c(C(C)=O)c5C)[C@@H](C)[C@@H]4CCC(=O)NCCCCN)c(C(=O)NCCCCN)c3C. The Bertz CT molecular complexity index is 2120. The molecule has 13 nitrogen and oxygen atoms in total. The predicted octanol–water partition coefficient (Wildman–Crippen LogP) is 6.14. The normalized spacial score (nSPS) is 17.8. The lowest BCUT2D eigenvalue weighted by Crippen LogP contribution is -2.26. The minimum absolute atomic E-state index is 0.0580. The van der Waals surface area contributed by atoms with Crippen LogP contribution in [0.3, 0.4) is 0 Å². The molecule has 3 aromatic rings. The highest BCUT2D eigenvalue weighted by Crippen LogP contribution is 2.43.